The molecule has 137 valence electrons. The van der Waals surface area contributed by atoms with Gasteiger partial charge in [0.15, 0.2) is 0 Å². The van der Waals surface area contributed by atoms with Crippen molar-refractivity contribution in [1.29, 1.82) is 0 Å². The van der Waals surface area contributed by atoms with Gasteiger partial charge in [0.25, 0.3) is 0 Å². The molecular weight excluding hydrogens is 282 g/mol. The second-order valence-electron chi connectivity index (χ2n) is 7.26. The zero-order valence-corrected chi connectivity index (χ0v) is 15.7. The summed E-state index contributed by atoms with van der Waals surface area (Å²) in [6.07, 6.45) is 21.2. The number of ether oxygens (including phenoxy) is 1. The van der Waals surface area contributed by atoms with Crippen molar-refractivity contribution in [2.24, 2.45) is 0 Å². The van der Waals surface area contributed by atoms with Gasteiger partial charge >= 0.3 is 0 Å². The summed E-state index contributed by atoms with van der Waals surface area (Å²) in [6, 6.07) is 0. The Morgan fingerprint density at radius 2 is 0.957 bits per heavy atom. The van der Waals surface area contributed by atoms with Crippen LogP contribution in [0.4, 0.5) is 0 Å². The van der Waals surface area contributed by atoms with E-state index in [9.17, 15) is 0 Å². The number of nitrogens with zero attached hydrogens (tertiary/aromatic N) is 1. The molecule has 1 heterocycles. The van der Waals surface area contributed by atoms with Crippen LogP contribution in [0.3, 0.4) is 0 Å². The van der Waals surface area contributed by atoms with Gasteiger partial charge in [-0.25, -0.2) is 0 Å². The zero-order chi connectivity index (χ0) is 16.4. The number of hydrogen-bond donors (Lipinski definition) is 0. The normalized spacial score (nSPS) is 16.0. The Kier molecular flexibility index (Phi) is 15.3. The molecule has 0 atom stereocenters. The minimum absolute atomic E-state index is 0.941. The van der Waals surface area contributed by atoms with Gasteiger partial charge in [0, 0.05) is 13.1 Å². The van der Waals surface area contributed by atoms with Gasteiger partial charge in [-0.3, -0.25) is 4.90 Å². The molecule has 1 aliphatic rings. The predicted molar refractivity (Wildman–Crippen MR) is 102 cm³/mol. The number of hydrogen-bond acceptors (Lipinski definition) is 2. The Hall–Kier alpha value is -0.0800. The lowest BCUT2D eigenvalue weighted by Gasteiger charge is -2.26. The quantitative estimate of drug-likeness (QED) is 0.323. The summed E-state index contributed by atoms with van der Waals surface area (Å²) >= 11 is 0. The highest BCUT2D eigenvalue weighted by Crippen LogP contribution is 2.13. The van der Waals surface area contributed by atoms with Gasteiger partial charge in [-0.2, -0.15) is 0 Å². The number of rotatable bonds is 16. The van der Waals surface area contributed by atoms with Crippen molar-refractivity contribution in [3.8, 4) is 0 Å². The fourth-order valence-electron chi connectivity index (χ4n) is 3.46. The van der Waals surface area contributed by atoms with Crippen LogP contribution in [-0.4, -0.2) is 37.7 Å². The van der Waals surface area contributed by atoms with Crippen LogP contribution in [-0.2, 0) is 4.74 Å². The summed E-state index contributed by atoms with van der Waals surface area (Å²) in [6.45, 7) is 9.37. The van der Waals surface area contributed by atoms with E-state index in [0.29, 0.717) is 0 Å². The highest BCUT2D eigenvalue weighted by molar-refractivity contribution is 4.61. The van der Waals surface area contributed by atoms with E-state index in [-0.39, 0.29) is 0 Å². The standard InChI is InChI=1S/C21H42NO/c1-2-3-4-5-6-7-8-9-10-11-12-13-14-15-16-17-22-18-20-23-21-19-22/h1-21H2. The van der Waals surface area contributed by atoms with E-state index in [1.807, 2.05) is 0 Å². The fourth-order valence-corrected chi connectivity index (χ4v) is 3.46. The Morgan fingerprint density at radius 1 is 0.565 bits per heavy atom. The average molecular weight is 325 g/mol. The zero-order valence-electron chi connectivity index (χ0n) is 15.7. The van der Waals surface area contributed by atoms with E-state index in [1.165, 1.54) is 96.4 Å². The molecule has 1 radical (unpaired) electrons. The molecule has 0 bridgehead atoms. The van der Waals surface area contributed by atoms with E-state index < -0.39 is 0 Å². The first-order valence-corrected chi connectivity index (χ1v) is 10.5. The van der Waals surface area contributed by atoms with Crippen LogP contribution in [0, 0.1) is 6.92 Å². The summed E-state index contributed by atoms with van der Waals surface area (Å²) < 4.78 is 5.38. The van der Waals surface area contributed by atoms with Gasteiger partial charge in [-0.05, 0) is 13.0 Å². The maximum Gasteiger partial charge on any atom is 0.0594 e. The van der Waals surface area contributed by atoms with Crippen LogP contribution in [0.2, 0.25) is 0 Å². The molecule has 1 saturated heterocycles. The van der Waals surface area contributed by atoms with Crippen LogP contribution < -0.4 is 0 Å². The smallest absolute Gasteiger partial charge is 0.0594 e. The highest BCUT2D eigenvalue weighted by atomic mass is 16.5. The third-order valence-corrected chi connectivity index (χ3v) is 5.08. The van der Waals surface area contributed by atoms with Crippen LogP contribution in [0.5, 0.6) is 0 Å². The summed E-state index contributed by atoms with van der Waals surface area (Å²) in [4.78, 5) is 2.56. The molecule has 0 aromatic heterocycles. The lowest BCUT2D eigenvalue weighted by molar-refractivity contribution is 0.0371. The maximum atomic E-state index is 5.38. The predicted octanol–water partition coefficient (Wildman–Crippen LogP) is 6.00. The number of morpholine rings is 1. The molecule has 2 heteroatoms. The summed E-state index contributed by atoms with van der Waals surface area (Å²) in [5, 5.41) is 0. The van der Waals surface area contributed by atoms with Gasteiger partial charge in [-0.15, -0.1) is 0 Å². The topological polar surface area (TPSA) is 12.5 Å². The fraction of sp³-hybridized carbons (Fsp3) is 0.952. The second kappa shape index (κ2) is 16.8. The van der Waals surface area contributed by atoms with Crippen LogP contribution in [0.15, 0.2) is 0 Å². The van der Waals surface area contributed by atoms with Crippen molar-refractivity contribution in [1.82, 2.24) is 4.90 Å². The minimum Gasteiger partial charge on any atom is -0.379 e. The molecule has 0 N–H and O–H groups in total. The molecule has 0 aromatic carbocycles. The molecule has 1 aliphatic heterocycles. The molecule has 0 spiro atoms. The van der Waals surface area contributed by atoms with Crippen molar-refractivity contribution in [2.75, 3.05) is 32.8 Å². The largest absolute Gasteiger partial charge is 0.379 e. The Morgan fingerprint density at radius 3 is 1.39 bits per heavy atom. The van der Waals surface area contributed by atoms with Crippen molar-refractivity contribution >= 4 is 0 Å². The number of unbranched alkanes of at least 4 members (excludes halogenated alkanes) is 14. The third-order valence-electron chi connectivity index (χ3n) is 5.08. The third kappa shape index (κ3) is 14.0. The van der Waals surface area contributed by atoms with Crippen LogP contribution in [0.1, 0.15) is 96.3 Å². The summed E-state index contributed by atoms with van der Waals surface area (Å²) in [5.41, 5.74) is 0. The molecule has 0 amide bonds. The molecule has 0 aliphatic carbocycles. The Balaban J connectivity index is 1.67. The molecule has 1 fully saturated rings. The Bertz CT molecular complexity index is 226. The van der Waals surface area contributed by atoms with Gasteiger partial charge in [0.2, 0.25) is 0 Å². The molecule has 0 aromatic rings. The first-order chi connectivity index (χ1) is 11.4. The van der Waals surface area contributed by atoms with Gasteiger partial charge in [0.05, 0.1) is 13.2 Å². The summed E-state index contributed by atoms with van der Waals surface area (Å²) in [5.74, 6) is 0. The SMILES string of the molecule is [CH2]CCCCCCCCCCCCCCCCN1CCOCC1. The molecule has 2 nitrogen and oxygen atoms in total. The van der Waals surface area contributed by atoms with Crippen molar-refractivity contribution in [3.05, 3.63) is 6.92 Å². The van der Waals surface area contributed by atoms with Crippen LogP contribution in [0.25, 0.3) is 0 Å². The first-order valence-electron chi connectivity index (χ1n) is 10.5. The van der Waals surface area contributed by atoms with Crippen molar-refractivity contribution < 1.29 is 4.74 Å². The van der Waals surface area contributed by atoms with Crippen molar-refractivity contribution in [2.45, 2.75) is 96.3 Å². The van der Waals surface area contributed by atoms with E-state index in [2.05, 4.69) is 11.8 Å². The van der Waals surface area contributed by atoms with E-state index in [1.54, 1.807) is 0 Å². The molecule has 0 saturated carbocycles. The molecule has 23 heavy (non-hydrogen) atoms. The van der Waals surface area contributed by atoms with E-state index >= 15 is 0 Å². The van der Waals surface area contributed by atoms with Crippen molar-refractivity contribution in [3.63, 3.8) is 0 Å². The van der Waals surface area contributed by atoms with Gasteiger partial charge in [0.1, 0.15) is 0 Å². The molecule has 1 rings (SSSR count). The van der Waals surface area contributed by atoms with E-state index in [4.69, 9.17) is 4.74 Å². The first kappa shape index (κ1) is 21.0. The van der Waals surface area contributed by atoms with Crippen LogP contribution >= 0.6 is 0 Å². The molecule has 0 unspecified atom stereocenters. The second-order valence-corrected chi connectivity index (χ2v) is 7.26. The monoisotopic (exact) mass is 324 g/mol. The lowest BCUT2D eigenvalue weighted by Crippen LogP contribution is -2.36. The van der Waals surface area contributed by atoms with E-state index in [0.717, 1.165) is 32.7 Å². The maximum absolute atomic E-state index is 5.38. The molecular formula is C21H42NO. The summed E-state index contributed by atoms with van der Waals surface area (Å²) in [7, 11) is 0. The average Bonchev–Trinajstić information content (AvgIpc) is 2.59. The van der Waals surface area contributed by atoms with Gasteiger partial charge < -0.3 is 4.74 Å². The lowest BCUT2D eigenvalue weighted by atomic mass is 10.0. The van der Waals surface area contributed by atoms with Gasteiger partial charge in [-0.1, -0.05) is 96.8 Å². The minimum atomic E-state index is 0.941. The Labute approximate surface area is 146 Å². The highest BCUT2D eigenvalue weighted by Gasteiger charge is 2.08.